The summed E-state index contributed by atoms with van der Waals surface area (Å²) in [5.74, 6) is 0.713. The van der Waals surface area contributed by atoms with Crippen LogP contribution in [0.5, 0.6) is 5.75 Å². The van der Waals surface area contributed by atoms with Crippen LogP contribution in [0.15, 0.2) is 42.5 Å². The monoisotopic (exact) mass is 351 g/mol. The number of carbonyl (C=O) groups is 1. The van der Waals surface area contributed by atoms with E-state index in [0.29, 0.717) is 5.56 Å². The first-order chi connectivity index (χ1) is 12.5. The number of nitrogens with two attached hydrogens (primary N) is 1. The molecule has 0 bridgehead atoms. The summed E-state index contributed by atoms with van der Waals surface area (Å²) in [5.41, 5.74) is 10.9. The van der Waals surface area contributed by atoms with Crippen LogP contribution in [-0.4, -0.2) is 23.6 Å². The van der Waals surface area contributed by atoms with Gasteiger partial charge in [-0.25, -0.2) is 0 Å². The fourth-order valence-electron chi connectivity index (χ4n) is 3.25. The van der Waals surface area contributed by atoms with Crippen LogP contribution in [0, 0.1) is 0 Å². The first kappa shape index (κ1) is 17.9. The topological polar surface area (TPSA) is 69.3 Å². The molecule has 3 N–H and O–H groups in total. The minimum Gasteiger partial charge on any atom is -0.497 e. The molecule has 5 nitrogen and oxygen atoms in total. The van der Waals surface area contributed by atoms with Gasteiger partial charge in [0.25, 0.3) is 5.91 Å². The van der Waals surface area contributed by atoms with E-state index in [0.717, 1.165) is 40.1 Å². The molecule has 1 amide bonds. The van der Waals surface area contributed by atoms with Crippen molar-refractivity contribution in [1.29, 1.82) is 0 Å². The molecule has 0 aliphatic carbocycles. The number of fused-ring (bicyclic) bond motifs is 1. The van der Waals surface area contributed by atoms with Crippen molar-refractivity contribution >= 4 is 22.5 Å². The lowest BCUT2D eigenvalue weighted by molar-refractivity contribution is 0.0943. The van der Waals surface area contributed by atoms with Gasteiger partial charge in [-0.2, -0.15) is 0 Å². The van der Waals surface area contributed by atoms with Crippen LogP contribution >= 0.6 is 0 Å². The molecule has 1 heterocycles. The van der Waals surface area contributed by atoms with E-state index < -0.39 is 0 Å². The number of carbonyl (C=O) groups excluding carboxylic acids is 1. The molecule has 26 heavy (non-hydrogen) atoms. The number of nitrogen functional groups attached to an aromatic ring is 1. The van der Waals surface area contributed by atoms with Crippen LogP contribution < -0.4 is 15.8 Å². The minimum absolute atomic E-state index is 0.0692. The van der Waals surface area contributed by atoms with Gasteiger partial charge in [-0.15, -0.1) is 0 Å². The van der Waals surface area contributed by atoms with Gasteiger partial charge in [0.05, 0.1) is 24.0 Å². The Morgan fingerprint density at radius 3 is 2.46 bits per heavy atom. The Morgan fingerprint density at radius 1 is 1.19 bits per heavy atom. The minimum atomic E-state index is -0.0692. The highest BCUT2D eigenvalue weighted by molar-refractivity contribution is 6.02. The highest BCUT2D eigenvalue weighted by atomic mass is 16.5. The first-order valence-electron chi connectivity index (χ1n) is 8.83. The van der Waals surface area contributed by atoms with Gasteiger partial charge < -0.3 is 20.4 Å². The predicted molar refractivity (Wildman–Crippen MR) is 107 cm³/mol. The molecule has 0 saturated carbocycles. The van der Waals surface area contributed by atoms with E-state index in [2.05, 4.69) is 16.8 Å². The number of benzene rings is 2. The SMILES string of the molecule is CCn1c(-c2ccc(C(=O)NC(C)C)cc2)c(N)c2cc(OC)ccc21. The Labute approximate surface area is 153 Å². The third-order valence-corrected chi connectivity index (χ3v) is 4.47. The quantitative estimate of drug-likeness (QED) is 0.728. The number of methoxy groups -OCH3 is 1. The molecule has 2 aromatic carbocycles. The van der Waals surface area contributed by atoms with E-state index in [4.69, 9.17) is 10.5 Å². The Hall–Kier alpha value is -2.95. The number of anilines is 1. The van der Waals surface area contributed by atoms with E-state index in [1.807, 2.05) is 56.3 Å². The highest BCUT2D eigenvalue weighted by Gasteiger charge is 2.17. The van der Waals surface area contributed by atoms with Crippen LogP contribution in [0.4, 0.5) is 5.69 Å². The first-order valence-corrected chi connectivity index (χ1v) is 8.83. The highest BCUT2D eigenvalue weighted by Crippen LogP contribution is 2.37. The molecule has 0 saturated heterocycles. The third-order valence-electron chi connectivity index (χ3n) is 4.47. The second-order valence-electron chi connectivity index (χ2n) is 6.60. The van der Waals surface area contributed by atoms with Crippen LogP contribution in [0.2, 0.25) is 0 Å². The average Bonchev–Trinajstić information content (AvgIpc) is 2.92. The van der Waals surface area contributed by atoms with Gasteiger partial charge in [-0.1, -0.05) is 12.1 Å². The number of hydrogen-bond donors (Lipinski definition) is 2. The lowest BCUT2D eigenvalue weighted by Crippen LogP contribution is -2.29. The Kier molecular flexibility index (Phi) is 4.89. The van der Waals surface area contributed by atoms with E-state index >= 15 is 0 Å². The van der Waals surface area contributed by atoms with E-state index in [-0.39, 0.29) is 11.9 Å². The number of rotatable bonds is 5. The number of aryl methyl sites for hydroxylation is 1. The molecule has 0 unspecified atom stereocenters. The summed E-state index contributed by atoms with van der Waals surface area (Å²) in [7, 11) is 1.65. The second-order valence-corrected chi connectivity index (χ2v) is 6.60. The standard InChI is InChI=1S/C21H25N3O2/c1-5-24-18-11-10-16(26-4)12-17(18)19(22)20(24)14-6-8-15(9-7-14)21(25)23-13(2)3/h6-13H,5,22H2,1-4H3,(H,23,25). The summed E-state index contributed by atoms with van der Waals surface area (Å²) in [6.07, 6.45) is 0. The predicted octanol–water partition coefficient (Wildman–Crippen LogP) is 4.06. The van der Waals surface area contributed by atoms with Crippen molar-refractivity contribution < 1.29 is 9.53 Å². The summed E-state index contributed by atoms with van der Waals surface area (Å²) < 4.78 is 7.52. The number of ether oxygens (including phenoxy) is 1. The number of nitrogens with zero attached hydrogens (tertiary/aromatic N) is 1. The number of aromatic nitrogens is 1. The van der Waals surface area contributed by atoms with Gasteiger partial charge in [-0.05, 0) is 51.1 Å². The second kappa shape index (κ2) is 7.12. The summed E-state index contributed by atoms with van der Waals surface area (Å²) in [6, 6.07) is 13.6. The number of amides is 1. The number of nitrogens with one attached hydrogen (secondary N) is 1. The maximum absolute atomic E-state index is 12.1. The van der Waals surface area contributed by atoms with Crippen LogP contribution in [-0.2, 0) is 6.54 Å². The van der Waals surface area contributed by atoms with Crippen LogP contribution in [0.1, 0.15) is 31.1 Å². The molecule has 0 spiro atoms. The van der Waals surface area contributed by atoms with Crippen molar-refractivity contribution in [2.24, 2.45) is 0 Å². The van der Waals surface area contributed by atoms with E-state index in [1.54, 1.807) is 7.11 Å². The zero-order valence-corrected chi connectivity index (χ0v) is 15.7. The Morgan fingerprint density at radius 2 is 1.88 bits per heavy atom. The summed E-state index contributed by atoms with van der Waals surface area (Å²) in [5, 5.41) is 3.88. The lowest BCUT2D eigenvalue weighted by Gasteiger charge is -2.11. The molecule has 136 valence electrons. The molecule has 3 aromatic rings. The van der Waals surface area contributed by atoms with Gasteiger partial charge in [0.2, 0.25) is 0 Å². The summed E-state index contributed by atoms with van der Waals surface area (Å²) >= 11 is 0. The van der Waals surface area contributed by atoms with E-state index in [9.17, 15) is 4.79 Å². The average molecular weight is 351 g/mol. The largest absolute Gasteiger partial charge is 0.497 e. The van der Waals surface area contributed by atoms with Crippen LogP contribution in [0.25, 0.3) is 22.2 Å². The molecule has 5 heteroatoms. The third kappa shape index (κ3) is 3.12. The normalized spacial score (nSPS) is 11.1. The van der Waals surface area contributed by atoms with Gasteiger partial charge in [0.1, 0.15) is 5.75 Å². The van der Waals surface area contributed by atoms with Gasteiger partial charge in [0, 0.05) is 29.1 Å². The zero-order chi connectivity index (χ0) is 18.8. The van der Waals surface area contributed by atoms with Crippen molar-refractivity contribution in [3.8, 4) is 17.0 Å². The molecule has 1 aromatic heterocycles. The lowest BCUT2D eigenvalue weighted by atomic mass is 10.1. The maximum atomic E-state index is 12.1. The van der Waals surface area contributed by atoms with Crippen molar-refractivity contribution in [3.63, 3.8) is 0 Å². The molecule has 0 aliphatic rings. The molecule has 0 radical (unpaired) electrons. The molecule has 0 fully saturated rings. The molecular weight excluding hydrogens is 326 g/mol. The van der Waals surface area contributed by atoms with Crippen molar-refractivity contribution in [2.75, 3.05) is 12.8 Å². The fourth-order valence-corrected chi connectivity index (χ4v) is 3.25. The van der Waals surface area contributed by atoms with Gasteiger partial charge in [0.15, 0.2) is 0 Å². The Bertz CT molecular complexity index is 940. The maximum Gasteiger partial charge on any atom is 0.251 e. The van der Waals surface area contributed by atoms with Gasteiger partial charge in [-0.3, -0.25) is 4.79 Å². The van der Waals surface area contributed by atoms with Crippen molar-refractivity contribution in [3.05, 3.63) is 48.0 Å². The van der Waals surface area contributed by atoms with Crippen LogP contribution in [0.3, 0.4) is 0 Å². The Balaban J connectivity index is 2.07. The number of hydrogen-bond acceptors (Lipinski definition) is 3. The molecule has 3 rings (SSSR count). The molecular formula is C21H25N3O2. The smallest absolute Gasteiger partial charge is 0.251 e. The van der Waals surface area contributed by atoms with E-state index in [1.165, 1.54) is 0 Å². The van der Waals surface area contributed by atoms with Crippen molar-refractivity contribution in [2.45, 2.75) is 33.4 Å². The summed E-state index contributed by atoms with van der Waals surface area (Å²) in [4.78, 5) is 12.1. The molecule has 0 atom stereocenters. The van der Waals surface area contributed by atoms with Gasteiger partial charge >= 0.3 is 0 Å². The summed E-state index contributed by atoms with van der Waals surface area (Å²) in [6.45, 7) is 6.78. The molecule has 0 aliphatic heterocycles. The fraction of sp³-hybridized carbons (Fsp3) is 0.286. The zero-order valence-electron chi connectivity index (χ0n) is 15.7. The van der Waals surface area contributed by atoms with Crippen molar-refractivity contribution in [1.82, 2.24) is 9.88 Å².